The van der Waals surface area contributed by atoms with Gasteiger partial charge in [0.2, 0.25) is 0 Å². The maximum Gasteiger partial charge on any atom is 0.325 e. The number of aromatic nitrogens is 1. The molecule has 2 aliphatic heterocycles. The van der Waals surface area contributed by atoms with Gasteiger partial charge in [-0.2, -0.15) is 0 Å². The summed E-state index contributed by atoms with van der Waals surface area (Å²) >= 11 is 1.54. The van der Waals surface area contributed by atoms with Gasteiger partial charge in [0, 0.05) is 11.4 Å². The van der Waals surface area contributed by atoms with Crippen molar-refractivity contribution < 1.29 is 9.59 Å². The van der Waals surface area contributed by atoms with E-state index in [9.17, 15) is 9.59 Å². The zero-order valence-corrected chi connectivity index (χ0v) is 12.5. The minimum Gasteiger partial charge on any atom is -0.322 e. The second kappa shape index (κ2) is 4.82. The summed E-state index contributed by atoms with van der Waals surface area (Å²) in [6, 6.07) is -0.302. The van der Waals surface area contributed by atoms with Crippen molar-refractivity contribution in [3.8, 4) is 0 Å². The molecule has 1 atom stereocenters. The van der Waals surface area contributed by atoms with Gasteiger partial charge in [-0.25, -0.2) is 9.78 Å². The van der Waals surface area contributed by atoms with Crippen molar-refractivity contribution in [2.24, 2.45) is 0 Å². The van der Waals surface area contributed by atoms with Gasteiger partial charge in [-0.1, -0.05) is 0 Å². The first-order valence-corrected chi connectivity index (χ1v) is 7.61. The van der Waals surface area contributed by atoms with Gasteiger partial charge in [-0.3, -0.25) is 9.69 Å². The molecule has 1 aromatic heterocycles. The molecule has 2 saturated heterocycles. The lowest BCUT2D eigenvalue weighted by Crippen LogP contribution is -2.57. The monoisotopic (exact) mass is 294 g/mol. The van der Waals surface area contributed by atoms with Crippen LogP contribution < -0.4 is 10.6 Å². The van der Waals surface area contributed by atoms with Crippen molar-refractivity contribution in [2.45, 2.75) is 38.8 Å². The molecule has 2 aliphatic rings. The molecular formula is C13H18N4O2S. The first-order chi connectivity index (χ1) is 9.52. The van der Waals surface area contributed by atoms with Crippen LogP contribution in [0, 0.1) is 13.8 Å². The Labute approximate surface area is 121 Å². The highest BCUT2D eigenvalue weighted by Crippen LogP contribution is 2.27. The van der Waals surface area contributed by atoms with Crippen LogP contribution >= 0.6 is 11.3 Å². The second-order valence-electron chi connectivity index (χ2n) is 5.43. The quantitative estimate of drug-likeness (QED) is 0.796. The summed E-state index contributed by atoms with van der Waals surface area (Å²) < 4.78 is 0. The van der Waals surface area contributed by atoms with Crippen molar-refractivity contribution in [1.29, 1.82) is 0 Å². The fourth-order valence-corrected chi connectivity index (χ4v) is 3.68. The van der Waals surface area contributed by atoms with Crippen LogP contribution in [0.4, 0.5) is 4.79 Å². The zero-order valence-electron chi connectivity index (χ0n) is 11.7. The molecule has 1 unspecified atom stereocenters. The number of thiazole rings is 1. The van der Waals surface area contributed by atoms with Crippen LogP contribution in [-0.2, 0) is 11.3 Å². The summed E-state index contributed by atoms with van der Waals surface area (Å²) in [5, 5.41) is 6.86. The average Bonchev–Trinajstić information content (AvgIpc) is 2.84. The third-order valence-electron chi connectivity index (χ3n) is 4.00. The van der Waals surface area contributed by atoms with Gasteiger partial charge in [0.1, 0.15) is 10.5 Å². The Bertz CT molecular complexity index is 543. The number of nitrogens with one attached hydrogen (secondary N) is 2. The van der Waals surface area contributed by atoms with Crippen molar-refractivity contribution in [3.05, 3.63) is 15.6 Å². The number of carbonyl (C=O) groups is 2. The summed E-state index contributed by atoms with van der Waals surface area (Å²) in [6.45, 7) is 5.62. The van der Waals surface area contributed by atoms with Gasteiger partial charge < -0.3 is 10.6 Å². The molecule has 0 aliphatic carbocycles. The van der Waals surface area contributed by atoms with Crippen molar-refractivity contribution >= 4 is 23.3 Å². The summed E-state index contributed by atoms with van der Waals surface area (Å²) in [5.74, 6) is -0.125. The Kier molecular flexibility index (Phi) is 3.25. The first-order valence-electron chi connectivity index (χ1n) is 6.79. The average molecular weight is 294 g/mol. The van der Waals surface area contributed by atoms with E-state index < -0.39 is 5.54 Å². The highest BCUT2D eigenvalue weighted by Gasteiger charge is 2.51. The van der Waals surface area contributed by atoms with E-state index >= 15 is 0 Å². The predicted octanol–water partition coefficient (Wildman–Crippen LogP) is 0.934. The Morgan fingerprint density at radius 3 is 2.80 bits per heavy atom. The van der Waals surface area contributed by atoms with Crippen LogP contribution in [0.15, 0.2) is 0 Å². The molecule has 3 rings (SSSR count). The number of rotatable bonds is 2. The molecule has 0 saturated carbocycles. The van der Waals surface area contributed by atoms with E-state index in [-0.39, 0.29) is 18.5 Å². The van der Waals surface area contributed by atoms with Gasteiger partial charge >= 0.3 is 6.03 Å². The fraction of sp³-hybridized carbons (Fsp3) is 0.615. The number of urea groups is 1. The molecule has 1 spiro atoms. The predicted molar refractivity (Wildman–Crippen MR) is 75.5 cm³/mol. The molecule has 7 heteroatoms. The Morgan fingerprint density at radius 1 is 1.40 bits per heavy atom. The van der Waals surface area contributed by atoms with Crippen LogP contribution in [0.1, 0.15) is 28.4 Å². The lowest BCUT2D eigenvalue weighted by Gasteiger charge is -2.31. The number of imide groups is 1. The van der Waals surface area contributed by atoms with Gasteiger partial charge in [0.25, 0.3) is 5.91 Å². The minimum absolute atomic E-state index is 0.125. The van der Waals surface area contributed by atoms with Gasteiger partial charge in [0.15, 0.2) is 0 Å². The molecule has 108 valence electrons. The molecule has 1 aromatic rings. The molecular weight excluding hydrogens is 276 g/mol. The van der Waals surface area contributed by atoms with E-state index in [0.717, 1.165) is 28.5 Å². The maximum absolute atomic E-state index is 12.6. The molecule has 2 fully saturated rings. The van der Waals surface area contributed by atoms with Gasteiger partial charge in [0.05, 0.1) is 12.2 Å². The Morgan fingerprint density at radius 2 is 2.20 bits per heavy atom. The van der Waals surface area contributed by atoms with Gasteiger partial charge in [-0.05, 0) is 33.2 Å². The minimum atomic E-state index is -0.739. The van der Waals surface area contributed by atoms with E-state index in [1.807, 2.05) is 13.8 Å². The molecule has 0 radical (unpaired) electrons. The van der Waals surface area contributed by atoms with Crippen molar-refractivity contribution in [2.75, 3.05) is 13.1 Å². The van der Waals surface area contributed by atoms with Crippen LogP contribution in [0.2, 0.25) is 0 Å². The third-order valence-corrected chi connectivity index (χ3v) is 5.05. The maximum atomic E-state index is 12.6. The van der Waals surface area contributed by atoms with Crippen LogP contribution in [-0.4, -0.2) is 40.5 Å². The highest BCUT2D eigenvalue weighted by molar-refractivity contribution is 7.11. The molecule has 0 aromatic carbocycles. The normalized spacial score (nSPS) is 26.4. The fourth-order valence-electron chi connectivity index (χ4n) is 2.76. The molecule has 20 heavy (non-hydrogen) atoms. The van der Waals surface area contributed by atoms with Crippen molar-refractivity contribution in [3.63, 3.8) is 0 Å². The van der Waals surface area contributed by atoms with E-state index in [0.29, 0.717) is 13.0 Å². The van der Waals surface area contributed by atoms with Crippen LogP contribution in [0.25, 0.3) is 0 Å². The van der Waals surface area contributed by atoms with E-state index in [1.54, 1.807) is 0 Å². The summed E-state index contributed by atoms with van der Waals surface area (Å²) in [7, 11) is 0. The molecule has 3 heterocycles. The summed E-state index contributed by atoms with van der Waals surface area (Å²) in [6.07, 6.45) is 1.60. The van der Waals surface area contributed by atoms with Crippen molar-refractivity contribution in [1.82, 2.24) is 20.5 Å². The lowest BCUT2D eigenvalue weighted by atomic mass is 9.90. The third kappa shape index (κ3) is 2.10. The molecule has 0 bridgehead atoms. The molecule has 2 N–H and O–H groups in total. The van der Waals surface area contributed by atoms with Crippen LogP contribution in [0.5, 0.6) is 0 Å². The topological polar surface area (TPSA) is 74.3 Å². The highest BCUT2D eigenvalue weighted by atomic mass is 32.1. The van der Waals surface area contributed by atoms with Crippen LogP contribution in [0.3, 0.4) is 0 Å². The smallest absolute Gasteiger partial charge is 0.322 e. The second-order valence-corrected chi connectivity index (χ2v) is 6.72. The molecule has 3 amide bonds. The summed E-state index contributed by atoms with van der Waals surface area (Å²) in [4.78, 5) is 31.5. The Balaban J connectivity index is 1.80. The van der Waals surface area contributed by atoms with Gasteiger partial charge in [-0.15, -0.1) is 11.3 Å². The SMILES string of the molecule is Cc1nc(CN2C(=O)NC3(CCCNC3)C2=O)sc1C. The number of amides is 3. The lowest BCUT2D eigenvalue weighted by molar-refractivity contribution is -0.132. The van der Waals surface area contributed by atoms with E-state index in [2.05, 4.69) is 15.6 Å². The Hall–Kier alpha value is -1.47. The van der Waals surface area contributed by atoms with E-state index in [1.165, 1.54) is 16.2 Å². The number of carbonyl (C=O) groups excluding carboxylic acids is 2. The number of hydrogen-bond acceptors (Lipinski definition) is 5. The number of nitrogens with zero attached hydrogens (tertiary/aromatic N) is 2. The zero-order chi connectivity index (χ0) is 14.3. The largest absolute Gasteiger partial charge is 0.325 e. The number of piperidine rings is 1. The van der Waals surface area contributed by atoms with E-state index in [4.69, 9.17) is 0 Å². The molecule has 6 nitrogen and oxygen atoms in total. The first kappa shape index (κ1) is 13.5. The standard InChI is InChI=1S/C13H18N4O2S/c1-8-9(2)20-10(15-8)6-17-11(18)13(16-12(17)19)4-3-5-14-7-13/h14H,3-7H2,1-2H3,(H,16,19). The number of aryl methyl sites for hydroxylation is 2. The number of hydrogen-bond donors (Lipinski definition) is 2. The summed E-state index contributed by atoms with van der Waals surface area (Å²) in [5.41, 5.74) is 0.225.